The van der Waals surface area contributed by atoms with Crippen LogP contribution in [0.15, 0.2) is 6.07 Å². The van der Waals surface area contributed by atoms with Gasteiger partial charge in [0.2, 0.25) is 0 Å². The van der Waals surface area contributed by atoms with Crippen LogP contribution in [0, 0.1) is 6.92 Å². The quantitative estimate of drug-likeness (QED) is 0.753. The third-order valence-corrected chi connectivity index (χ3v) is 4.18. The molecule has 3 heteroatoms. The molecule has 0 aliphatic rings. The third kappa shape index (κ3) is 5.22. The molecule has 2 N–H and O–H groups in total. The van der Waals surface area contributed by atoms with Gasteiger partial charge < -0.3 is 14.9 Å². The number of hydrogen-bond acceptors (Lipinski definition) is 3. The molecule has 0 saturated heterocycles. The van der Waals surface area contributed by atoms with Crippen molar-refractivity contribution in [1.82, 2.24) is 0 Å². The van der Waals surface area contributed by atoms with Crippen LogP contribution in [-0.4, -0.2) is 23.4 Å². The highest BCUT2D eigenvalue weighted by atomic mass is 16.5. The van der Waals surface area contributed by atoms with Gasteiger partial charge in [0.1, 0.15) is 5.75 Å². The van der Waals surface area contributed by atoms with E-state index in [-0.39, 0.29) is 17.4 Å². The number of aliphatic hydroxyl groups excluding tert-OH is 1. The van der Waals surface area contributed by atoms with Gasteiger partial charge in [-0.1, -0.05) is 41.5 Å². The zero-order valence-corrected chi connectivity index (χ0v) is 15.9. The molecule has 132 valence electrons. The summed E-state index contributed by atoms with van der Waals surface area (Å²) in [5.74, 6) is 0.423. The normalized spacial score (nSPS) is 12.7. The number of benzene rings is 1. The molecule has 0 saturated carbocycles. The summed E-state index contributed by atoms with van der Waals surface area (Å²) in [5.41, 5.74) is 4.00. The number of phenolic OH excluding ortho intramolecular Hbond substituents is 1. The van der Waals surface area contributed by atoms with Gasteiger partial charge in [0, 0.05) is 18.8 Å². The van der Waals surface area contributed by atoms with E-state index >= 15 is 0 Å². The van der Waals surface area contributed by atoms with Crippen LogP contribution in [0.1, 0.15) is 76.6 Å². The third-order valence-electron chi connectivity index (χ3n) is 4.18. The smallest absolute Gasteiger partial charge is 0.123 e. The van der Waals surface area contributed by atoms with Gasteiger partial charge in [-0.25, -0.2) is 0 Å². The molecular weight excluding hydrogens is 288 g/mol. The van der Waals surface area contributed by atoms with Crippen LogP contribution in [0.4, 0.5) is 0 Å². The minimum absolute atomic E-state index is 0.122. The highest BCUT2D eigenvalue weighted by Gasteiger charge is 2.28. The maximum Gasteiger partial charge on any atom is 0.123 e. The monoisotopic (exact) mass is 322 g/mol. The fourth-order valence-corrected chi connectivity index (χ4v) is 2.96. The zero-order chi connectivity index (χ0) is 17.8. The van der Waals surface area contributed by atoms with Crippen LogP contribution in [-0.2, 0) is 22.2 Å². The average Bonchev–Trinajstić information content (AvgIpc) is 2.37. The number of aliphatic hydroxyl groups is 1. The van der Waals surface area contributed by atoms with Gasteiger partial charge in [0.05, 0.1) is 6.61 Å². The molecule has 0 aliphatic heterocycles. The zero-order valence-electron chi connectivity index (χ0n) is 15.9. The Kier molecular flexibility index (Phi) is 6.67. The predicted octanol–water partition coefficient (Wildman–Crippen LogP) is 4.58. The summed E-state index contributed by atoms with van der Waals surface area (Å²) in [6.45, 7) is 16.2. The molecule has 0 aromatic heterocycles. The van der Waals surface area contributed by atoms with Crippen molar-refractivity contribution in [3.63, 3.8) is 0 Å². The van der Waals surface area contributed by atoms with Crippen molar-refractivity contribution in [2.24, 2.45) is 0 Å². The Morgan fingerprint density at radius 1 is 1.00 bits per heavy atom. The average molecular weight is 322 g/mol. The molecule has 0 amide bonds. The second kappa shape index (κ2) is 7.67. The topological polar surface area (TPSA) is 49.7 Å². The summed E-state index contributed by atoms with van der Waals surface area (Å²) in [4.78, 5) is 0. The second-order valence-corrected chi connectivity index (χ2v) is 8.42. The first-order chi connectivity index (χ1) is 10.5. The van der Waals surface area contributed by atoms with Gasteiger partial charge in [0.15, 0.2) is 0 Å². The first-order valence-corrected chi connectivity index (χ1v) is 8.55. The van der Waals surface area contributed by atoms with Crippen molar-refractivity contribution in [2.45, 2.75) is 78.7 Å². The minimum atomic E-state index is -0.124. The lowest BCUT2D eigenvalue weighted by molar-refractivity contribution is 0.112. The molecule has 23 heavy (non-hydrogen) atoms. The fourth-order valence-electron chi connectivity index (χ4n) is 2.96. The predicted molar refractivity (Wildman–Crippen MR) is 96.2 cm³/mol. The fraction of sp³-hybridized carbons (Fsp3) is 0.700. The summed E-state index contributed by atoms with van der Waals surface area (Å²) >= 11 is 0. The highest BCUT2D eigenvalue weighted by molar-refractivity contribution is 5.54. The van der Waals surface area contributed by atoms with E-state index in [0.29, 0.717) is 19.0 Å². The number of unbranched alkanes of at least 4 members (excludes halogenated alkanes) is 1. The molecule has 0 radical (unpaired) electrons. The van der Waals surface area contributed by atoms with Gasteiger partial charge in [-0.05, 0) is 53.4 Å². The van der Waals surface area contributed by atoms with E-state index in [4.69, 9.17) is 9.84 Å². The molecule has 0 unspecified atom stereocenters. The Hall–Kier alpha value is -1.06. The summed E-state index contributed by atoms with van der Waals surface area (Å²) in [6.07, 6.45) is 1.64. The van der Waals surface area contributed by atoms with Crippen LogP contribution in [0.25, 0.3) is 0 Å². The Balaban J connectivity index is 3.20. The van der Waals surface area contributed by atoms with Crippen molar-refractivity contribution < 1.29 is 14.9 Å². The SMILES string of the molecule is Cc1c(COCCCCO)cc(C(C)(C)C)c(O)c1C(C)(C)C. The summed E-state index contributed by atoms with van der Waals surface area (Å²) in [5, 5.41) is 19.7. The van der Waals surface area contributed by atoms with Gasteiger partial charge in [-0.15, -0.1) is 0 Å². The van der Waals surface area contributed by atoms with E-state index in [0.717, 1.165) is 35.1 Å². The number of rotatable bonds is 6. The number of aromatic hydroxyl groups is 1. The summed E-state index contributed by atoms with van der Waals surface area (Å²) < 4.78 is 5.79. The number of hydrogen-bond donors (Lipinski definition) is 2. The highest BCUT2D eigenvalue weighted by Crippen LogP contribution is 2.42. The van der Waals surface area contributed by atoms with Crippen LogP contribution >= 0.6 is 0 Å². The van der Waals surface area contributed by atoms with E-state index in [1.165, 1.54) is 0 Å². The van der Waals surface area contributed by atoms with Crippen molar-refractivity contribution in [3.05, 3.63) is 28.3 Å². The largest absolute Gasteiger partial charge is 0.507 e. The van der Waals surface area contributed by atoms with Crippen molar-refractivity contribution in [1.29, 1.82) is 0 Å². The molecule has 0 aliphatic carbocycles. The standard InChI is InChI=1S/C20H34O3/c1-14-15(13-23-11-9-8-10-21)12-16(19(2,3)4)18(22)17(14)20(5,6)7/h12,21-22H,8-11,13H2,1-7H3. The van der Waals surface area contributed by atoms with Gasteiger partial charge in [0.25, 0.3) is 0 Å². The Labute approximate surface area is 141 Å². The molecule has 0 bridgehead atoms. The maximum absolute atomic E-state index is 10.8. The molecule has 0 spiro atoms. The number of phenols is 1. The maximum atomic E-state index is 10.8. The number of ether oxygens (including phenoxy) is 1. The van der Waals surface area contributed by atoms with Gasteiger partial charge in [-0.3, -0.25) is 0 Å². The lowest BCUT2D eigenvalue weighted by Gasteiger charge is -2.30. The first-order valence-electron chi connectivity index (χ1n) is 8.55. The second-order valence-electron chi connectivity index (χ2n) is 8.42. The van der Waals surface area contributed by atoms with Crippen molar-refractivity contribution in [2.75, 3.05) is 13.2 Å². The lowest BCUT2D eigenvalue weighted by atomic mass is 9.76. The van der Waals surface area contributed by atoms with Crippen molar-refractivity contribution >= 4 is 0 Å². The molecular formula is C20H34O3. The Bertz CT molecular complexity index is 519. The molecule has 1 aromatic rings. The molecule has 1 aromatic carbocycles. The Morgan fingerprint density at radius 2 is 1.61 bits per heavy atom. The van der Waals surface area contributed by atoms with Crippen LogP contribution in [0.2, 0.25) is 0 Å². The van der Waals surface area contributed by atoms with Gasteiger partial charge >= 0.3 is 0 Å². The van der Waals surface area contributed by atoms with Crippen LogP contribution in [0.3, 0.4) is 0 Å². The summed E-state index contributed by atoms with van der Waals surface area (Å²) in [7, 11) is 0. The van der Waals surface area contributed by atoms with Crippen LogP contribution in [0.5, 0.6) is 5.75 Å². The lowest BCUT2D eigenvalue weighted by Crippen LogP contribution is -2.20. The molecule has 1 rings (SSSR count). The molecule has 0 fully saturated rings. The Morgan fingerprint density at radius 3 is 2.09 bits per heavy atom. The van der Waals surface area contributed by atoms with E-state index in [2.05, 4.69) is 54.5 Å². The van der Waals surface area contributed by atoms with E-state index in [1.807, 2.05) is 0 Å². The first kappa shape index (κ1) is 20.0. The summed E-state index contributed by atoms with van der Waals surface area (Å²) in [6, 6.07) is 2.09. The van der Waals surface area contributed by atoms with Crippen molar-refractivity contribution in [3.8, 4) is 5.75 Å². The minimum Gasteiger partial charge on any atom is -0.507 e. The van der Waals surface area contributed by atoms with E-state index in [1.54, 1.807) is 0 Å². The van der Waals surface area contributed by atoms with Crippen LogP contribution < -0.4 is 0 Å². The molecule has 0 atom stereocenters. The molecule has 0 heterocycles. The van der Waals surface area contributed by atoms with E-state index in [9.17, 15) is 5.11 Å². The van der Waals surface area contributed by atoms with E-state index < -0.39 is 0 Å². The molecule has 3 nitrogen and oxygen atoms in total. The van der Waals surface area contributed by atoms with Gasteiger partial charge in [-0.2, -0.15) is 0 Å².